The Morgan fingerprint density at radius 2 is 2.22 bits per heavy atom. The Labute approximate surface area is 132 Å². The van der Waals surface area contributed by atoms with E-state index in [-0.39, 0.29) is 5.76 Å². The maximum Gasteiger partial charge on any atom is 0.433 e. The molecule has 0 fully saturated rings. The number of fused-ring (bicyclic) bond motifs is 1. The first kappa shape index (κ1) is 14.6. The lowest BCUT2D eigenvalue weighted by Crippen LogP contribution is -2.24. The number of carbonyl (C=O) groups excluding carboxylic acids is 1. The zero-order valence-electron chi connectivity index (χ0n) is 11.3. The topological polar surface area (TPSA) is 136 Å². The summed E-state index contributed by atoms with van der Waals surface area (Å²) in [5.74, 6) is -0.263. The highest BCUT2D eigenvalue weighted by molar-refractivity contribution is 7.00. The van der Waals surface area contributed by atoms with Crippen molar-refractivity contribution in [2.24, 2.45) is 5.10 Å². The number of amides is 2. The average Bonchev–Trinajstić information content (AvgIpc) is 3.16. The minimum absolute atomic E-state index is 0.141. The molecule has 0 aliphatic carbocycles. The number of rotatable bonds is 4. The van der Waals surface area contributed by atoms with Crippen LogP contribution in [-0.2, 0) is 0 Å². The molecule has 0 unspecified atom stereocenters. The van der Waals surface area contributed by atoms with Crippen LogP contribution < -0.4 is 10.7 Å². The summed E-state index contributed by atoms with van der Waals surface area (Å²) in [6.45, 7) is 0. The second kappa shape index (κ2) is 6.19. The lowest BCUT2D eigenvalue weighted by atomic mass is 10.2. The number of furan rings is 1. The van der Waals surface area contributed by atoms with Crippen molar-refractivity contribution in [3.05, 3.63) is 46.2 Å². The Hall–Kier alpha value is -3.34. The number of hydrogen-bond acceptors (Lipinski definition) is 8. The van der Waals surface area contributed by atoms with Crippen molar-refractivity contribution in [3.8, 4) is 0 Å². The molecule has 23 heavy (non-hydrogen) atoms. The van der Waals surface area contributed by atoms with E-state index in [0.29, 0.717) is 16.7 Å². The van der Waals surface area contributed by atoms with Gasteiger partial charge < -0.3 is 9.73 Å². The van der Waals surface area contributed by atoms with Crippen molar-refractivity contribution in [2.45, 2.75) is 0 Å². The van der Waals surface area contributed by atoms with Crippen LogP contribution in [0.2, 0.25) is 0 Å². The fraction of sp³-hybridized carbons (Fsp3) is 0. The third-order valence-corrected chi connectivity index (χ3v) is 3.23. The van der Waals surface area contributed by atoms with Gasteiger partial charge in [-0.25, -0.2) is 10.2 Å². The second-order valence-corrected chi connectivity index (χ2v) is 4.72. The van der Waals surface area contributed by atoms with Gasteiger partial charge in [0.1, 0.15) is 16.0 Å². The Kier molecular flexibility index (Phi) is 3.93. The Morgan fingerprint density at radius 1 is 1.35 bits per heavy atom. The van der Waals surface area contributed by atoms with Gasteiger partial charge in [0, 0.05) is 0 Å². The lowest BCUT2D eigenvalue weighted by molar-refractivity contribution is -0.402. The molecule has 10 nitrogen and oxygen atoms in total. The van der Waals surface area contributed by atoms with Crippen LogP contribution in [0.15, 0.2) is 39.9 Å². The summed E-state index contributed by atoms with van der Waals surface area (Å²) < 4.78 is 13.0. The highest BCUT2D eigenvalue weighted by Crippen LogP contribution is 2.20. The molecule has 2 heterocycles. The molecule has 116 valence electrons. The Morgan fingerprint density at radius 3 is 3.00 bits per heavy atom. The average molecular weight is 332 g/mol. The summed E-state index contributed by atoms with van der Waals surface area (Å²) in [5.41, 5.74) is 3.98. The minimum atomic E-state index is -0.667. The summed E-state index contributed by atoms with van der Waals surface area (Å²) in [6, 6.07) is 7.17. The molecule has 2 aromatic heterocycles. The number of aromatic nitrogens is 2. The molecule has 3 aromatic rings. The molecule has 11 heteroatoms. The van der Waals surface area contributed by atoms with Crippen LogP contribution in [0, 0.1) is 10.1 Å². The molecular formula is C12H8N6O4S. The van der Waals surface area contributed by atoms with Crippen LogP contribution >= 0.6 is 11.7 Å². The van der Waals surface area contributed by atoms with Crippen LogP contribution in [0.5, 0.6) is 0 Å². The van der Waals surface area contributed by atoms with E-state index in [9.17, 15) is 14.9 Å². The van der Waals surface area contributed by atoms with E-state index in [1.54, 1.807) is 18.2 Å². The van der Waals surface area contributed by atoms with Crippen molar-refractivity contribution in [1.29, 1.82) is 0 Å². The van der Waals surface area contributed by atoms with Gasteiger partial charge in [-0.1, -0.05) is 6.07 Å². The van der Waals surface area contributed by atoms with Crippen molar-refractivity contribution in [2.75, 3.05) is 5.32 Å². The third-order valence-electron chi connectivity index (χ3n) is 2.68. The van der Waals surface area contributed by atoms with Gasteiger partial charge in [0.2, 0.25) is 0 Å². The van der Waals surface area contributed by atoms with Gasteiger partial charge in [-0.3, -0.25) is 10.1 Å². The van der Waals surface area contributed by atoms with Crippen molar-refractivity contribution >= 4 is 46.6 Å². The molecule has 3 rings (SSSR count). The highest BCUT2D eigenvalue weighted by atomic mass is 32.1. The zero-order valence-corrected chi connectivity index (χ0v) is 12.1. The zero-order chi connectivity index (χ0) is 16.2. The van der Waals surface area contributed by atoms with E-state index < -0.39 is 16.8 Å². The molecule has 0 saturated heterocycles. The first-order chi connectivity index (χ1) is 11.1. The van der Waals surface area contributed by atoms with Crippen LogP contribution in [0.1, 0.15) is 5.76 Å². The van der Waals surface area contributed by atoms with E-state index >= 15 is 0 Å². The summed E-state index contributed by atoms with van der Waals surface area (Å²) in [6.07, 6.45) is 1.15. The van der Waals surface area contributed by atoms with Crippen molar-refractivity contribution < 1.29 is 14.1 Å². The molecule has 2 amide bonds. The van der Waals surface area contributed by atoms with Crippen LogP contribution in [0.4, 0.5) is 16.4 Å². The predicted octanol–water partition coefficient (Wildman–Crippen LogP) is 2.35. The smallest absolute Gasteiger partial charge is 0.400 e. The van der Waals surface area contributed by atoms with Gasteiger partial charge in [0.05, 0.1) is 29.7 Å². The van der Waals surface area contributed by atoms with Gasteiger partial charge >= 0.3 is 11.9 Å². The first-order valence-corrected chi connectivity index (χ1v) is 6.92. The van der Waals surface area contributed by atoms with Crippen LogP contribution in [0.3, 0.4) is 0 Å². The van der Waals surface area contributed by atoms with Crippen LogP contribution in [-0.4, -0.2) is 25.9 Å². The Bertz CT molecular complexity index is 902. The van der Waals surface area contributed by atoms with Gasteiger partial charge in [0.25, 0.3) is 0 Å². The number of urea groups is 1. The van der Waals surface area contributed by atoms with E-state index in [2.05, 4.69) is 24.6 Å². The van der Waals surface area contributed by atoms with E-state index in [1.165, 1.54) is 12.1 Å². The molecule has 0 radical (unpaired) electrons. The predicted molar refractivity (Wildman–Crippen MR) is 82.5 cm³/mol. The van der Waals surface area contributed by atoms with Gasteiger partial charge in [0.15, 0.2) is 5.76 Å². The summed E-state index contributed by atoms with van der Waals surface area (Å²) in [7, 11) is 0. The molecule has 0 aliphatic rings. The van der Waals surface area contributed by atoms with E-state index in [0.717, 1.165) is 17.9 Å². The Balaban J connectivity index is 1.62. The second-order valence-electron chi connectivity index (χ2n) is 4.19. The monoisotopic (exact) mass is 332 g/mol. The van der Waals surface area contributed by atoms with Gasteiger partial charge in [-0.05, 0) is 18.2 Å². The lowest BCUT2D eigenvalue weighted by Gasteiger charge is -2.03. The number of anilines is 1. The standard InChI is InChI=1S/C12H8N6O4S/c19-12(14-8-2-1-3-9-11(8)17-23-16-9)15-13-6-7-4-5-10(22-7)18(20)21/h1-6H,(H2,14,15,19). The molecule has 1 aromatic carbocycles. The first-order valence-electron chi connectivity index (χ1n) is 6.19. The van der Waals surface area contributed by atoms with Gasteiger partial charge in [-0.2, -0.15) is 13.8 Å². The minimum Gasteiger partial charge on any atom is -0.400 e. The number of carbonyl (C=O) groups is 1. The van der Waals surface area contributed by atoms with Crippen molar-refractivity contribution in [1.82, 2.24) is 14.2 Å². The molecule has 0 spiro atoms. The molecule has 0 saturated carbocycles. The number of nitro groups is 1. The number of nitrogens with one attached hydrogen (secondary N) is 2. The SMILES string of the molecule is O=C(NN=Cc1ccc([N+](=O)[O-])o1)Nc1cccc2nsnc12. The normalized spacial score (nSPS) is 11.0. The quantitative estimate of drug-likeness (QED) is 0.427. The fourth-order valence-corrected chi connectivity index (χ4v) is 2.27. The summed E-state index contributed by atoms with van der Waals surface area (Å²) in [4.78, 5) is 21.6. The molecule has 0 atom stereocenters. The number of hydrogen-bond donors (Lipinski definition) is 2. The molecule has 0 aliphatic heterocycles. The summed E-state index contributed by atoms with van der Waals surface area (Å²) >= 11 is 1.05. The van der Waals surface area contributed by atoms with Gasteiger partial charge in [-0.15, -0.1) is 0 Å². The summed E-state index contributed by atoms with van der Waals surface area (Å²) in [5, 5.41) is 16.7. The molecule has 2 N–H and O–H groups in total. The maximum atomic E-state index is 11.8. The van der Waals surface area contributed by atoms with Crippen LogP contribution in [0.25, 0.3) is 11.0 Å². The van der Waals surface area contributed by atoms with Crippen molar-refractivity contribution in [3.63, 3.8) is 0 Å². The fourth-order valence-electron chi connectivity index (χ4n) is 1.72. The van der Waals surface area contributed by atoms with E-state index in [1.807, 2.05) is 0 Å². The maximum absolute atomic E-state index is 11.8. The number of benzene rings is 1. The third kappa shape index (κ3) is 3.29. The van der Waals surface area contributed by atoms with E-state index in [4.69, 9.17) is 4.42 Å². The molecule has 0 bridgehead atoms. The number of hydrazone groups is 1. The highest BCUT2D eigenvalue weighted by Gasteiger charge is 2.10. The number of nitrogens with zero attached hydrogens (tertiary/aromatic N) is 4. The largest absolute Gasteiger partial charge is 0.433 e. The molecular weight excluding hydrogens is 324 g/mol.